The average Bonchev–Trinajstić information content (AvgIpc) is 2.67. The van der Waals surface area contributed by atoms with Crippen LogP contribution in [0.5, 0.6) is 0 Å². The number of thiazole rings is 1. The van der Waals surface area contributed by atoms with Crippen molar-refractivity contribution in [1.82, 2.24) is 15.0 Å². The molecule has 0 fully saturated rings. The van der Waals surface area contributed by atoms with Gasteiger partial charge in [0.1, 0.15) is 5.69 Å². The highest BCUT2D eigenvalue weighted by Crippen LogP contribution is 2.18. The van der Waals surface area contributed by atoms with Gasteiger partial charge < -0.3 is 0 Å². The summed E-state index contributed by atoms with van der Waals surface area (Å²) in [5.74, 6) is 0.556. The van der Waals surface area contributed by atoms with E-state index in [2.05, 4.69) is 15.0 Å². The van der Waals surface area contributed by atoms with Crippen molar-refractivity contribution in [2.75, 3.05) is 0 Å². The lowest BCUT2D eigenvalue weighted by molar-refractivity contribution is 0.111. The van der Waals surface area contributed by atoms with E-state index >= 15 is 0 Å². The van der Waals surface area contributed by atoms with Crippen molar-refractivity contribution in [3.63, 3.8) is 0 Å². The second kappa shape index (κ2) is 3.40. The van der Waals surface area contributed by atoms with E-state index in [0.717, 1.165) is 0 Å². The lowest BCUT2D eigenvalue weighted by Crippen LogP contribution is -1.86. The number of hydrogen-bond donors (Lipinski definition) is 0. The van der Waals surface area contributed by atoms with Crippen LogP contribution in [0, 0.1) is 0 Å². The number of carbonyl (C=O) groups is 1. The maximum absolute atomic E-state index is 10.4. The Morgan fingerprint density at radius 2 is 2.08 bits per heavy atom. The van der Waals surface area contributed by atoms with Gasteiger partial charge in [0.05, 0.1) is 0 Å². The molecule has 0 atom stereocenters. The molecular weight excluding hydrogens is 186 g/mol. The van der Waals surface area contributed by atoms with E-state index in [1.54, 1.807) is 23.8 Å². The third-order valence-corrected chi connectivity index (χ3v) is 2.26. The summed E-state index contributed by atoms with van der Waals surface area (Å²) in [7, 11) is 0. The van der Waals surface area contributed by atoms with Crippen LogP contribution in [-0.4, -0.2) is 21.2 Å². The summed E-state index contributed by atoms with van der Waals surface area (Å²) in [5.41, 5.74) is 0.424. The second-order valence-electron chi connectivity index (χ2n) is 2.27. The number of aromatic nitrogens is 3. The smallest absolute Gasteiger partial charge is 0.188 e. The van der Waals surface area contributed by atoms with Gasteiger partial charge in [0.15, 0.2) is 17.1 Å². The highest BCUT2D eigenvalue weighted by molar-refractivity contribution is 7.13. The number of aldehydes is 1. The summed E-state index contributed by atoms with van der Waals surface area (Å²) in [4.78, 5) is 22.4. The van der Waals surface area contributed by atoms with Gasteiger partial charge in [-0.1, -0.05) is 0 Å². The van der Waals surface area contributed by atoms with Crippen molar-refractivity contribution in [2.24, 2.45) is 0 Å². The monoisotopic (exact) mass is 191 g/mol. The van der Waals surface area contributed by atoms with Gasteiger partial charge in [0.25, 0.3) is 0 Å². The molecule has 0 bridgehead atoms. The Bertz CT molecular complexity index is 412. The first-order valence-corrected chi connectivity index (χ1v) is 4.46. The first kappa shape index (κ1) is 8.00. The number of carbonyl (C=O) groups excluding carboxylic acids is 1. The molecule has 0 aliphatic rings. The number of nitrogens with zero attached hydrogens (tertiary/aromatic N) is 3. The van der Waals surface area contributed by atoms with Gasteiger partial charge in [-0.25, -0.2) is 15.0 Å². The zero-order chi connectivity index (χ0) is 9.10. The minimum absolute atomic E-state index is 0.424. The number of rotatable bonds is 2. The standard InChI is InChI=1S/C8H5N3OS/c12-4-6-5-13-8(11-6)7-9-2-1-3-10-7/h1-5H. The first-order chi connectivity index (χ1) is 6.40. The molecule has 0 saturated carbocycles. The highest BCUT2D eigenvalue weighted by Gasteiger charge is 2.04. The van der Waals surface area contributed by atoms with Crippen LogP contribution in [0.15, 0.2) is 23.8 Å². The topological polar surface area (TPSA) is 55.7 Å². The van der Waals surface area contributed by atoms with Crippen molar-refractivity contribution >= 4 is 17.6 Å². The Morgan fingerprint density at radius 3 is 2.69 bits per heavy atom. The summed E-state index contributed by atoms with van der Waals surface area (Å²) in [6, 6.07) is 1.73. The molecule has 13 heavy (non-hydrogen) atoms. The van der Waals surface area contributed by atoms with E-state index in [9.17, 15) is 4.79 Å². The molecule has 0 aliphatic heterocycles. The molecular formula is C8H5N3OS. The van der Waals surface area contributed by atoms with Crippen LogP contribution in [0.3, 0.4) is 0 Å². The minimum Gasteiger partial charge on any atom is -0.296 e. The minimum atomic E-state index is 0.424. The molecule has 2 heterocycles. The highest BCUT2D eigenvalue weighted by atomic mass is 32.1. The third-order valence-electron chi connectivity index (χ3n) is 1.40. The lowest BCUT2D eigenvalue weighted by atomic mass is 10.5. The van der Waals surface area contributed by atoms with E-state index in [4.69, 9.17) is 0 Å². The third kappa shape index (κ3) is 1.59. The fourth-order valence-corrected chi connectivity index (χ4v) is 1.56. The van der Waals surface area contributed by atoms with E-state index in [1.165, 1.54) is 11.3 Å². The zero-order valence-corrected chi connectivity index (χ0v) is 7.36. The van der Waals surface area contributed by atoms with Crippen LogP contribution in [0.1, 0.15) is 10.5 Å². The fourth-order valence-electron chi connectivity index (χ4n) is 0.853. The molecule has 2 aromatic heterocycles. The molecule has 0 aliphatic carbocycles. The van der Waals surface area contributed by atoms with Crippen molar-refractivity contribution in [3.8, 4) is 10.8 Å². The van der Waals surface area contributed by atoms with Crippen molar-refractivity contribution in [2.45, 2.75) is 0 Å². The molecule has 64 valence electrons. The maximum Gasteiger partial charge on any atom is 0.188 e. The van der Waals surface area contributed by atoms with E-state index in [0.29, 0.717) is 22.8 Å². The molecule has 0 amide bonds. The SMILES string of the molecule is O=Cc1csc(-c2ncccn2)n1. The molecule has 2 aromatic rings. The van der Waals surface area contributed by atoms with E-state index in [-0.39, 0.29) is 0 Å². The molecule has 2 rings (SSSR count). The van der Waals surface area contributed by atoms with Gasteiger partial charge in [-0.15, -0.1) is 11.3 Å². The van der Waals surface area contributed by atoms with Crippen LogP contribution >= 0.6 is 11.3 Å². The molecule has 0 N–H and O–H groups in total. The molecule has 4 nitrogen and oxygen atoms in total. The molecule has 0 spiro atoms. The second-order valence-corrected chi connectivity index (χ2v) is 3.13. The van der Waals surface area contributed by atoms with Crippen LogP contribution in [0.4, 0.5) is 0 Å². The average molecular weight is 191 g/mol. The number of hydrogen-bond acceptors (Lipinski definition) is 5. The largest absolute Gasteiger partial charge is 0.296 e. The van der Waals surface area contributed by atoms with Gasteiger partial charge >= 0.3 is 0 Å². The van der Waals surface area contributed by atoms with Crippen LogP contribution in [0.25, 0.3) is 10.8 Å². The van der Waals surface area contributed by atoms with Gasteiger partial charge in [0, 0.05) is 17.8 Å². The predicted octanol–water partition coefficient (Wildman–Crippen LogP) is 1.41. The first-order valence-electron chi connectivity index (χ1n) is 3.58. The Morgan fingerprint density at radius 1 is 1.31 bits per heavy atom. The fraction of sp³-hybridized carbons (Fsp3) is 0. The summed E-state index contributed by atoms with van der Waals surface area (Å²) >= 11 is 1.36. The van der Waals surface area contributed by atoms with Gasteiger partial charge in [-0.05, 0) is 6.07 Å². The molecule has 0 saturated heterocycles. The van der Waals surface area contributed by atoms with E-state index < -0.39 is 0 Å². The summed E-state index contributed by atoms with van der Waals surface area (Å²) < 4.78 is 0. The quantitative estimate of drug-likeness (QED) is 0.673. The Kier molecular flexibility index (Phi) is 2.09. The van der Waals surface area contributed by atoms with Crippen molar-refractivity contribution < 1.29 is 4.79 Å². The van der Waals surface area contributed by atoms with Crippen LogP contribution in [-0.2, 0) is 0 Å². The Hall–Kier alpha value is -1.62. The molecule has 0 radical (unpaired) electrons. The molecule has 0 aromatic carbocycles. The zero-order valence-electron chi connectivity index (χ0n) is 6.54. The Balaban J connectivity index is 2.41. The van der Waals surface area contributed by atoms with Gasteiger partial charge in [0.2, 0.25) is 0 Å². The summed E-state index contributed by atoms with van der Waals surface area (Å²) in [5, 5.41) is 2.35. The van der Waals surface area contributed by atoms with Gasteiger partial charge in [-0.3, -0.25) is 4.79 Å². The maximum atomic E-state index is 10.4. The molecule has 0 unspecified atom stereocenters. The van der Waals surface area contributed by atoms with Crippen LogP contribution < -0.4 is 0 Å². The Labute approximate surface area is 78.3 Å². The van der Waals surface area contributed by atoms with Crippen LogP contribution in [0.2, 0.25) is 0 Å². The normalized spacial score (nSPS) is 9.85. The summed E-state index contributed by atoms with van der Waals surface area (Å²) in [6.07, 6.45) is 4.00. The van der Waals surface area contributed by atoms with Crippen molar-refractivity contribution in [1.29, 1.82) is 0 Å². The molecule has 5 heteroatoms. The predicted molar refractivity (Wildman–Crippen MR) is 48.5 cm³/mol. The lowest BCUT2D eigenvalue weighted by Gasteiger charge is -1.90. The van der Waals surface area contributed by atoms with Crippen molar-refractivity contribution in [3.05, 3.63) is 29.5 Å². The van der Waals surface area contributed by atoms with Gasteiger partial charge in [-0.2, -0.15) is 0 Å². The van der Waals surface area contributed by atoms with E-state index in [1.807, 2.05) is 0 Å². The summed E-state index contributed by atoms with van der Waals surface area (Å²) in [6.45, 7) is 0.